The molecule has 1 aromatic carbocycles. The van der Waals surface area contributed by atoms with Crippen molar-refractivity contribution >= 4 is 22.5 Å². The molecule has 0 bridgehead atoms. The molecular formula is C20H24N4O3. The lowest BCUT2D eigenvalue weighted by Gasteiger charge is -2.38. The molecule has 7 nitrogen and oxygen atoms in total. The Balaban J connectivity index is 1.88. The van der Waals surface area contributed by atoms with E-state index in [2.05, 4.69) is 21.3 Å². The van der Waals surface area contributed by atoms with Crippen molar-refractivity contribution in [3.8, 4) is 6.07 Å². The number of amides is 1. The molecule has 3 atom stereocenters. The van der Waals surface area contributed by atoms with Gasteiger partial charge in [0.2, 0.25) is 0 Å². The van der Waals surface area contributed by atoms with E-state index in [0.717, 1.165) is 11.1 Å². The van der Waals surface area contributed by atoms with Crippen molar-refractivity contribution in [2.75, 3.05) is 24.6 Å². The zero-order valence-corrected chi connectivity index (χ0v) is 15.6. The fourth-order valence-corrected chi connectivity index (χ4v) is 3.39. The number of aliphatic hydroxyl groups is 1. The van der Waals surface area contributed by atoms with Crippen LogP contribution < -0.4 is 10.2 Å². The summed E-state index contributed by atoms with van der Waals surface area (Å²) in [6.07, 6.45) is 1.56. The molecule has 1 aliphatic heterocycles. The van der Waals surface area contributed by atoms with Crippen LogP contribution in [0.2, 0.25) is 0 Å². The van der Waals surface area contributed by atoms with E-state index in [9.17, 15) is 15.2 Å². The van der Waals surface area contributed by atoms with Crippen LogP contribution in [0.5, 0.6) is 0 Å². The summed E-state index contributed by atoms with van der Waals surface area (Å²) in [5.74, 6) is -0.219. The smallest absolute Gasteiger partial charge is 0.251 e. The molecule has 1 aliphatic rings. The minimum Gasteiger partial charge on any atom is -0.394 e. The van der Waals surface area contributed by atoms with Gasteiger partial charge in [0.25, 0.3) is 5.91 Å². The third kappa shape index (κ3) is 4.02. The van der Waals surface area contributed by atoms with Crippen molar-refractivity contribution in [3.05, 3.63) is 36.0 Å². The predicted octanol–water partition coefficient (Wildman–Crippen LogP) is 1.59. The van der Waals surface area contributed by atoms with Crippen LogP contribution in [-0.2, 0) is 9.53 Å². The Kier molecular flexibility index (Phi) is 5.89. The average Bonchev–Trinajstić information content (AvgIpc) is 2.70. The van der Waals surface area contributed by atoms with Gasteiger partial charge in [-0.25, -0.2) is 0 Å². The van der Waals surface area contributed by atoms with E-state index in [1.54, 1.807) is 12.3 Å². The van der Waals surface area contributed by atoms with Crippen molar-refractivity contribution in [2.45, 2.75) is 38.5 Å². The number of carbonyl (C=O) groups is 1. The molecule has 0 saturated carbocycles. The molecule has 2 heterocycles. The normalized spacial score (nSPS) is 20.9. The summed E-state index contributed by atoms with van der Waals surface area (Å²) in [6.45, 7) is 4.78. The second-order valence-electron chi connectivity index (χ2n) is 6.78. The minimum atomic E-state index is -0.628. The number of rotatable bonds is 5. The highest BCUT2D eigenvalue weighted by atomic mass is 16.5. The standard InChI is InChI=1S/C20H24N4O3/c1-3-15(12-25)23-20(26)18-11-24(10-13(2)27-18)17-7-6-14(9-21)19-16(17)5-4-8-22-19/h4-8,13,15,18,25H,3,10-12H2,1-2H3,(H,23,26)/t13-,15?,18-/m1/s1. The Hall–Kier alpha value is -2.69. The highest BCUT2D eigenvalue weighted by Crippen LogP contribution is 2.30. The van der Waals surface area contributed by atoms with E-state index < -0.39 is 6.10 Å². The van der Waals surface area contributed by atoms with Crippen molar-refractivity contribution in [1.82, 2.24) is 10.3 Å². The Bertz CT molecular complexity index is 860. The Morgan fingerprint density at radius 2 is 2.30 bits per heavy atom. The number of nitrogens with zero attached hydrogens (tertiary/aromatic N) is 3. The number of nitriles is 1. The van der Waals surface area contributed by atoms with Crippen LogP contribution in [0.4, 0.5) is 5.69 Å². The van der Waals surface area contributed by atoms with Gasteiger partial charge in [0, 0.05) is 23.8 Å². The van der Waals surface area contributed by atoms with Crippen molar-refractivity contribution in [3.63, 3.8) is 0 Å². The lowest BCUT2D eigenvalue weighted by Crippen LogP contribution is -2.54. The Morgan fingerprint density at radius 3 is 3.00 bits per heavy atom. The molecule has 1 fully saturated rings. The highest BCUT2D eigenvalue weighted by molar-refractivity contribution is 5.95. The van der Waals surface area contributed by atoms with Crippen molar-refractivity contribution in [1.29, 1.82) is 5.26 Å². The van der Waals surface area contributed by atoms with E-state index >= 15 is 0 Å². The quantitative estimate of drug-likeness (QED) is 0.832. The predicted molar refractivity (Wildman–Crippen MR) is 102 cm³/mol. The van der Waals surface area contributed by atoms with Crippen LogP contribution in [0.15, 0.2) is 30.5 Å². The van der Waals surface area contributed by atoms with Crippen molar-refractivity contribution in [2.24, 2.45) is 0 Å². The molecule has 1 saturated heterocycles. The van der Waals surface area contributed by atoms with E-state index in [1.165, 1.54) is 0 Å². The first-order valence-electron chi connectivity index (χ1n) is 9.16. The molecule has 2 N–H and O–H groups in total. The van der Waals surface area contributed by atoms with Gasteiger partial charge in [-0.05, 0) is 37.6 Å². The summed E-state index contributed by atoms with van der Waals surface area (Å²) in [5, 5.41) is 22.4. The molecule has 142 valence electrons. The number of aromatic nitrogens is 1. The molecule has 0 spiro atoms. The summed E-state index contributed by atoms with van der Waals surface area (Å²) in [4.78, 5) is 19.0. The van der Waals surface area contributed by atoms with Gasteiger partial charge in [-0.2, -0.15) is 5.26 Å². The van der Waals surface area contributed by atoms with Gasteiger partial charge in [-0.15, -0.1) is 0 Å². The lowest BCUT2D eigenvalue weighted by atomic mass is 10.1. The van der Waals surface area contributed by atoms with Gasteiger partial charge in [-0.1, -0.05) is 6.92 Å². The largest absolute Gasteiger partial charge is 0.394 e. The molecule has 1 amide bonds. The molecule has 7 heteroatoms. The lowest BCUT2D eigenvalue weighted by molar-refractivity contribution is -0.138. The number of ether oxygens (including phenoxy) is 1. The number of morpholine rings is 1. The van der Waals surface area contributed by atoms with Gasteiger partial charge in [0.1, 0.15) is 6.07 Å². The minimum absolute atomic E-state index is 0.0971. The number of hydrogen-bond acceptors (Lipinski definition) is 6. The van der Waals surface area contributed by atoms with Gasteiger partial charge in [0.15, 0.2) is 6.10 Å². The van der Waals surface area contributed by atoms with E-state index in [4.69, 9.17) is 4.74 Å². The third-order valence-electron chi connectivity index (χ3n) is 4.82. The number of benzene rings is 1. The van der Waals surface area contributed by atoms with Crippen LogP contribution in [0, 0.1) is 11.3 Å². The number of nitrogens with one attached hydrogen (secondary N) is 1. The van der Waals surface area contributed by atoms with E-state index in [1.807, 2.05) is 32.0 Å². The number of fused-ring (bicyclic) bond motifs is 1. The van der Waals surface area contributed by atoms with Crippen LogP contribution >= 0.6 is 0 Å². The summed E-state index contributed by atoms with van der Waals surface area (Å²) in [7, 11) is 0. The third-order valence-corrected chi connectivity index (χ3v) is 4.82. The zero-order valence-electron chi connectivity index (χ0n) is 15.6. The Labute approximate surface area is 158 Å². The van der Waals surface area contributed by atoms with Crippen LogP contribution in [0.3, 0.4) is 0 Å². The van der Waals surface area contributed by atoms with Gasteiger partial charge in [0.05, 0.1) is 36.4 Å². The topological polar surface area (TPSA) is 98.5 Å². The van der Waals surface area contributed by atoms with Crippen LogP contribution in [0.25, 0.3) is 10.9 Å². The first kappa shape index (κ1) is 19.1. The second-order valence-corrected chi connectivity index (χ2v) is 6.78. The zero-order chi connectivity index (χ0) is 19.4. The van der Waals surface area contributed by atoms with Crippen molar-refractivity contribution < 1.29 is 14.6 Å². The van der Waals surface area contributed by atoms with E-state index in [-0.39, 0.29) is 24.7 Å². The average molecular weight is 368 g/mol. The molecular weight excluding hydrogens is 344 g/mol. The fraction of sp³-hybridized carbons (Fsp3) is 0.450. The summed E-state index contributed by atoms with van der Waals surface area (Å²) in [5.41, 5.74) is 2.11. The number of anilines is 1. The second kappa shape index (κ2) is 8.33. The summed E-state index contributed by atoms with van der Waals surface area (Å²) < 4.78 is 5.84. The molecule has 27 heavy (non-hydrogen) atoms. The van der Waals surface area contributed by atoms with Gasteiger partial charge in [-0.3, -0.25) is 9.78 Å². The fourth-order valence-electron chi connectivity index (χ4n) is 3.39. The maximum absolute atomic E-state index is 12.6. The highest BCUT2D eigenvalue weighted by Gasteiger charge is 2.32. The number of carbonyl (C=O) groups excluding carboxylic acids is 1. The summed E-state index contributed by atoms with van der Waals surface area (Å²) >= 11 is 0. The SMILES string of the molecule is CCC(CO)NC(=O)[C@H]1CN(c2ccc(C#N)c3ncccc23)C[C@@H](C)O1. The number of hydrogen-bond donors (Lipinski definition) is 2. The monoisotopic (exact) mass is 368 g/mol. The van der Waals surface area contributed by atoms with Crippen LogP contribution in [-0.4, -0.2) is 53.9 Å². The van der Waals surface area contributed by atoms with Gasteiger partial charge < -0.3 is 20.1 Å². The molecule has 1 unspecified atom stereocenters. The molecule has 2 aromatic rings. The summed E-state index contributed by atoms with van der Waals surface area (Å²) in [6, 6.07) is 9.35. The first-order valence-corrected chi connectivity index (χ1v) is 9.16. The Morgan fingerprint density at radius 1 is 1.48 bits per heavy atom. The maximum atomic E-state index is 12.6. The molecule has 1 aromatic heterocycles. The van der Waals surface area contributed by atoms with Gasteiger partial charge >= 0.3 is 0 Å². The maximum Gasteiger partial charge on any atom is 0.251 e. The molecule has 0 aliphatic carbocycles. The number of aliphatic hydroxyl groups excluding tert-OH is 1. The van der Waals surface area contributed by atoms with E-state index in [0.29, 0.717) is 30.6 Å². The first-order chi connectivity index (χ1) is 13.1. The molecule has 3 rings (SSSR count). The molecule has 0 radical (unpaired) electrons. The number of pyridine rings is 1. The van der Waals surface area contributed by atoms with Crippen LogP contribution in [0.1, 0.15) is 25.8 Å².